The van der Waals surface area contributed by atoms with Gasteiger partial charge in [0.25, 0.3) is 0 Å². The van der Waals surface area contributed by atoms with E-state index in [1.807, 2.05) is 0 Å². The Morgan fingerprint density at radius 1 is 1.22 bits per heavy atom. The second-order valence-corrected chi connectivity index (χ2v) is 7.67. The van der Waals surface area contributed by atoms with Gasteiger partial charge < -0.3 is 0 Å². The molecular formula is C7H16ClP. The van der Waals surface area contributed by atoms with Crippen molar-refractivity contribution in [1.29, 1.82) is 0 Å². The summed E-state index contributed by atoms with van der Waals surface area (Å²) in [6.07, 6.45) is 0. The lowest BCUT2D eigenvalue weighted by Gasteiger charge is -2.28. The highest BCUT2D eigenvalue weighted by molar-refractivity contribution is 7.85. The molecule has 1 atom stereocenters. The Kier molecular flexibility index (Phi) is 3.47. The minimum atomic E-state index is -0.308. The zero-order valence-corrected chi connectivity index (χ0v) is 8.55. The first kappa shape index (κ1) is 9.72. The summed E-state index contributed by atoms with van der Waals surface area (Å²) in [5.41, 5.74) is 0.640. The van der Waals surface area contributed by atoms with Crippen LogP contribution in [0.3, 0.4) is 0 Å². The van der Waals surface area contributed by atoms with Crippen molar-refractivity contribution in [3.8, 4) is 0 Å². The molecule has 1 unspecified atom stereocenters. The van der Waals surface area contributed by atoms with Crippen molar-refractivity contribution in [3.05, 3.63) is 0 Å². The molecule has 0 aromatic carbocycles. The van der Waals surface area contributed by atoms with Gasteiger partial charge in [0.1, 0.15) is 0 Å². The topological polar surface area (TPSA) is 0 Å². The number of hydrogen-bond donors (Lipinski definition) is 0. The van der Waals surface area contributed by atoms with Crippen LogP contribution in [0, 0.1) is 0 Å². The molecular weight excluding hydrogens is 151 g/mol. The van der Waals surface area contributed by atoms with Gasteiger partial charge in [0, 0.05) is 0 Å². The largest absolute Gasteiger partial charge is 0.0956 e. The molecule has 0 amide bonds. The van der Waals surface area contributed by atoms with Gasteiger partial charge in [0.05, 0.1) is 0 Å². The summed E-state index contributed by atoms with van der Waals surface area (Å²) in [6.45, 7) is 11.0. The molecule has 0 fully saturated rings. The van der Waals surface area contributed by atoms with E-state index in [2.05, 4.69) is 34.6 Å². The minimum absolute atomic E-state index is 0.308. The third-order valence-electron chi connectivity index (χ3n) is 1.09. The average Bonchev–Trinajstić information content (AvgIpc) is 1.62. The molecule has 56 valence electrons. The monoisotopic (exact) mass is 166 g/mol. The van der Waals surface area contributed by atoms with E-state index in [9.17, 15) is 0 Å². The van der Waals surface area contributed by atoms with E-state index >= 15 is 0 Å². The van der Waals surface area contributed by atoms with Gasteiger partial charge >= 0.3 is 0 Å². The quantitative estimate of drug-likeness (QED) is 0.520. The van der Waals surface area contributed by atoms with Crippen LogP contribution in [0.15, 0.2) is 0 Å². The Labute approximate surface area is 64.5 Å². The zero-order valence-electron chi connectivity index (χ0n) is 6.90. The molecule has 2 heteroatoms. The zero-order chi connectivity index (χ0) is 7.65. The molecule has 0 aliphatic carbocycles. The van der Waals surface area contributed by atoms with Crippen LogP contribution in [0.25, 0.3) is 0 Å². The van der Waals surface area contributed by atoms with Crippen LogP contribution in [-0.2, 0) is 0 Å². The van der Waals surface area contributed by atoms with Crippen LogP contribution in [0.4, 0.5) is 0 Å². The molecule has 0 radical (unpaired) electrons. The molecule has 9 heavy (non-hydrogen) atoms. The molecule has 0 aromatic rings. The molecule has 0 N–H and O–H groups in total. The van der Waals surface area contributed by atoms with Crippen molar-refractivity contribution in [2.24, 2.45) is 0 Å². The Balaban J connectivity index is 3.88. The molecule has 0 aromatic heterocycles. The average molecular weight is 167 g/mol. The fourth-order valence-corrected chi connectivity index (χ4v) is 2.32. The molecule has 0 aliphatic heterocycles. The second kappa shape index (κ2) is 3.21. The fourth-order valence-electron chi connectivity index (χ4n) is 0.775. The summed E-state index contributed by atoms with van der Waals surface area (Å²) in [5.74, 6) is 0. The molecule has 0 nitrogen and oxygen atoms in total. The van der Waals surface area contributed by atoms with Gasteiger partial charge in [0.2, 0.25) is 0 Å². The van der Waals surface area contributed by atoms with Crippen molar-refractivity contribution < 1.29 is 0 Å². The predicted octanol–water partition coefficient (Wildman–Crippen LogP) is 3.83. The van der Waals surface area contributed by atoms with E-state index in [-0.39, 0.29) is 7.27 Å². The first-order valence-electron chi connectivity index (χ1n) is 3.31. The van der Waals surface area contributed by atoms with E-state index < -0.39 is 0 Å². The van der Waals surface area contributed by atoms with Gasteiger partial charge in [-0.05, 0) is 18.1 Å². The molecule has 0 saturated heterocycles. The summed E-state index contributed by atoms with van der Waals surface area (Å²) in [7, 11) is -0.308. The van der Waals surface area contributed by atoms with E-state index in [1.165, 1.54) is 0 Å². The van der Waals surface area contributed by atoms with Gasteiger partial charge in [-0.25, -0.2) is 0 Å². The van der Waals surface area contributed by atoms with Gasteiger partial charge in [-0.3, -0.25) is 0 Å². The predicted molar refractivity (Wildman–Crippen MR) is 47.7 cm³/mol. The highest BCUT2D eigenvalue weighted by Crippen LogP contribution is 2.57. The number of hydrogen-bond acceptors (Lipinski definition) is 0. The van der Waals surface area contributed by atoms with Gasteiger partial charge in [-0.1, -0.05) is 45.9 Å². The van der Waals surface area contributed by atoms with Crippen LogP contribution in [0.5, 0.6) is 0 Å². The lowest BCUT2D eigenvalue weighted by molar-refractivity contribution is 0.780. The maximum atomic E-state index is 6.16. The van der Waals surface area contributed by atoms with Crippen LogP contribution < -0.4 is 0 Å². The van der Waals surface area contributed by atoms with Crippen LogP contribution >= 0.6 is 18.5 Å². The maximum absolute atomic E-state index is 6.16. The normalized spacial score (nSPS) is 16.3. The third-order valence-corrected chi connectivity index (χ3v) is 5.98. The summed E-state index contributed by atoms with van der Waals surface area (Å²) in [5, 5.41) is 0.311. The van der Waals surface area contributed by atoms with Crippen molar-refractivity contribution in [2.75, 3.05) is 0 Å². The molecule has 0 saturated carbocycles. The van der Waals surface area contributed by atoms with Crippen LogP contribution in [0.2, 0.25) is 0 Å². The highest BCUT2D eigenvalue weighted by atomic mass is 35.7. The second-order valence-electron chi connectivity index (χ2n) is 3.58. The summed E-state index contributed by atoms with van der Waals surface area (Å²) >= 11 is 6.16. The molecule has 0 aliphatic rings. The summed E-state index contributed by atoms with van der Waals surface area (Å²) in [4.78, 5) is 0. The lowest BCUT2D eigenvalue weighted by Crippen LogP contribution is -2.12. The third kappa shape index (κ3) is 3.43. The molecule has 0 spiro atoms. The Hall–Kier alpha value is 0.720. The van der Waals surface area contributed by atoms with Crippen molar-refractivity contribution in [2.45, 2.75) is 45.4 Å². The van der Waals surface area contributed by atoms with E-state index in [4.69, 9.17) is 11.2 Å². The van der Waals surface area contributed by atoms with E-state index in [1.54, 1.807) is 0 Å². The first-order valence-corrected chi connectivity index (χ1v) is 5.62. The maximum Gasteiger partial charge on any atom is -0.00162 e. The summed E-state index contributed by atoms with van der Waals surface area (Å²) < 4.78 is 0. The van der Waals surface area contributed by atoms with Crippen molar-refractivity contribution >= 4 is 18.5 Å². The molecule has 0 rings (SSSR count). The standard InChI is InChI=1S/C7H16ClP/c1-6(2)9(8)7(3,4)5/h6H,1-5H3. The Morgan fingerprint density at radius 2 is 1.56 bits per heavy atom. The van der Waals surface area contributed by atoms with E-state index in [0.29, 0.717) is 10.8 Å². The van der Waals surface area contributed by atoms with Gasteiger partial charge in [-0.2, -0.15) is 0 Å². The Morgan fingerprint density at radius 3 is 1.56 bits per heavy atom. The molecule has 0 bridgehead atoms. The van der Waals surface area contributed by atoms with Gasteiger partial charge in [-0.15, -0.1) is 0 Å². The fraction of sp³-hybridized carbons (Fsp3) is 1.00. The number of halogens is 1. The van der Waals surface area contributed by atoms with E-state index in [0.717, 1.165) is 0 Å². The SMILES string of the molecule is CC(C)P(Cl)C(C)(C)C. The smallest absolute Gasteiger partial charge is 0.00162 e. The lowest BCUT2D eigenvalue weighted by atomic mass is 10.3. The Bertz CT molecular complexity index is 83.4. The van der Waals surface area contributed by atoms with Crippen molar-refractivity contribution in [1.82, 2.24) is 0 Å². The van der Waals surface area contributed by atoms with Crippen LogP contribution in [-0.4, -0.2) is 10.8 Å². The number of rotatable bonds is 1. The summed E-state index contributed by atoms with van der Waals surface area (Å²) in [6, 6.07) is 0. The molecule has 0 heterocycles. The minimum Gasteiger partial charge on any atom is -0.0956 e. The van der Waals surface area contributed by atoms with Gasteiger partial charge in [0.15, 0.2) is 0 Å². The van der Waals surface area contributed by atoms with Crippen LogP contribution in [0.1, 0.15) is 34.6 Å². The highest BCUT2D eigenvalue weighted by Gasteiger charge is 2.24. The first-order chi connectivity index (χ1) is 3.85. The van der Waals surface area contributed by atoms with Crippen molar-refractivity contribution in [3.63, 3.8) is 0 Å².